The Morgan fingerprint density at radius 1 is 1.38 bits per heavy atom. The number of methoxy groups -OCH3 is 1. The lowest BCUT2D eigenvalue weighted by Crippen LogP contribution is -2.25. The smallest absolute Gasteiger partial charge is 0.349 e. The van der Waals surface area contributed by atoms with E-state index in [1.165, 1.54) is 7.11 Å². The number of hydrogen-bond donors (Lipinski definition) is 2. The molecule has 0 bridgehead atoms. The van der Waals surface area contributed by atoms with Crippen molar-refractivity contribution >= 4 is 11.9 Å². The highest BCUT2D eigenvalue weighted by Gasteiger charge is 1.97. The summed E-state index contributed by atoms with van der Waals surface area (Å²) in [6.45, 7) is 0.714. The van der Waals surface area contributed by atoms with Gasteiger partial charge in [-0.25, -0.2) is 9.59 Å². The third kappa shape index (κ3) is 6.98. The molecule has 0 fully saturated rings. The van der Waals surface area contributed by atoms with Crippen molar-refractivity contribution in [2.45, 2.75) is 0 Å². The molecule has 0 aromatic rings. The summed E-state index contributed by atoms with van der Waals surface area (Å²) in [5, 5.41) is 0. The third-order valence-corrected chi connectivity index (χ3v) is 0.976. The lowest BCUT2D eigenvalue weighted by Gasteiger charge is -1.99. The van der Waals surface area contributed by atoms with E-state index in [0.29, 0.717) is 13.1 Å². The van der Waals surface area contributed by atoms with Gasteiger partial charge in [0.1, 0.15) is 0 Å². The Bertz CT molecular complexity index is 203. The summed E-state index contributed by atoms with van der Waals surface area (Å²) in [6, 6.07) is 0. The van der Waals surface area contributed by atoms with Gasteiger partial charge in [-0.05, 0) is 0 Å². The first-order valence-corrected chi connectivity index (χ1v) is 3.60. The predicted molar refractivity (Wildman–Crippen MR) is 44.3 cm³/mol. The number of carbonyl (C=O) groups is 2. The molecule has 6 nitrogen and oxygen atoms in total. The van der Waals surface area contributed by atoms with Gasteiger partial charge in [0.05, 0.1) is 7.11 Å². The molecule has 6 heteroatoms. The molecule has 0 unspecified atom stereocenters. The molecule has 0 aliphatic rings. The molecule has 0 spiro atoms. The van der Waals surface area contributed by atoms with Gasteiger partial charge in [-0.1, -0.05) is 0 Å². The summed E-state index contributed by atoms with van der Waals surface area (Å²) in [5.74, 6) is -1.30. The zero-order valence-corrected chi connectivity index (χ0v) is 7.28. The van der Waals surface area contributed by atoms with Gasteiger partial charge in [-0.3, -0.25) is 0 Å². The summed E-state index contributed by atoms with van der Waals surface area (Å²) in [5.41, 5.74) is 7.41. The van der Waals surface area contributed by atoms with Crippen molar-refractivity contribution in [3.63, 3.8) is 0 Å². The van der Waals surface area contributed by atoms with Gasteiger partial charge >= 0.3 is 11.9 Å². The molecular formula is C7H12N2O4. The zero-order chi connectivity index (χ0) is 10.1. The number of nitrogens with two attached hydrogens (primary N) is 1. The van der Waals surface area contributed by atoms with Crippen LogP contribution in [0.5, 0.6) is 0 Å². The van der Waals surface area contributed by atoms with E-state index in [0.717, 1.165) is 12.2 Å². The zero-order valence-electron chi connectivity index (χ0n) is 7.28. The number of nitrogens with one attached hydrogen (secondary N) is 1. The van der Waals surface area contributed by atoms with Crippen LogP contribution in [0.25, 0.3) is 0 Å². The van der Waals surface area contributed by atoms with Crippen LogP contribution in [-0.2, 0) is 19.2 Å². The summed E-state index contributed by atoms with van der Waals surface area (Å²) in [7, 11) is 1.21. The summed E-state index contributed by atoms with van der Waals surface area (Å²) in [4.78, 5) is 25.6. The fourth-order valence-electron chi connectivity index (χ4n) is 0.419. The van der Waals surface area contributed by atoms with Crippen LogP contribution >= 0.6 is 0 Å². The quantitative estimate of drug-likeness (QED) is 0.242. The van der Waals surface area contributed by atoms with Gasteiger partial charge in [0.15, 0.2) is 0 Å². The van der Waals surface area contributed by atoms with Gasteiger partial charge in [-0.2, -0.15) is 5.48 Å². The lowest BCUT2D eigenvalue weighted by atomic mass is 10.5. The van der Waals surface area contributed by atoms with Crippen molar-refractivity contribution in [2.24, 2.45) is 5.73 Å². The highest BCUT2D eigenvalue weighted by Crippen LogP contribution is 1.80. The van der Waals surface area contributed by atoms with E-state index in [9.17, 15) is 9.59 Å². The standard InChI is InChI=1S/C7H12N2O4/c1-12-6(10)2-3-7(11)13-9-5-4-8/h2-3,9H,4-5,8H2,1H3/b3-2+. The molecule has 0 aromatic heterocycles. The predicted octanol–water partition coefficient (Wildman–Crippen LogP) is -1.28. The maximum Gasteiger partial charge on any atom is 0.349 e. The first kappa shape index (κ1) is 11.6. The summed E-state index contributed by atoms with van der Waals surface area (Å²) < 4.78 is 4.25. The van der Waals surface area contributed by atoms with Gasteiger partial charge in [0.25, 0.3) is 0 Å². The molecule has 74 valence electrons. The summed E-state index contributed by atoms with van der Waals surface area (Å²) in [6.07, 6.45) is 1.92. The van der Waals surface area contributed by atoms with Crippen molar-refractivity contribution in [1.82, 2.24) is 5.48 Å². The van der Waals surface area contributed by atoms with Crippen LogP contribution in [0.1, 0.15) is 0 Å². The fourth-order valence-corrected chi connectivity index (χ4v) is 0.419. The van der Waals surface area contributed by atoms with Crippen LogP contribution < -0.4 is 11.2 Å². The Morgan fingerprint density at radius 3 is 2.54 bits per heavy atom. The Balaban J connectivity index is 3.61. The molecule has 0 aromatic carbocycles. The Labute approximate surface area is 75.6 Å². The number of hydrogen-bond acceptors (Lipinski definition) is 6. The molecule has 0 amide bonds. The van der Waals surface area contributed by atoms with E-state index in [4.69, 9.17) is 5.73 Å². The lowest BCUT2D eigenvalue weighted by molar-refractivity contribution is -0.145. The number of rotatable bonds is 5. The highest BCUT2D eigenvalue weighted by atomic mass is 16.7. The van der Waals surface area contributed by atoms with E-state index < -0.39 is 11.9 Å². The molecule has 0 radical (unpaired) electrons. The Morgan fingerprint density at radius 2 is 2.00 bits per heavy atom. The van der Waals surface area contributed by atoms with Crippen LogP contribution in [0.15, 0.2) is 12.2 Å². The molecule has 0 heterocycles. The molecule has 0 atom stereocenters. The topological polar surface area (TPSA) is 90.7 Å². The number of ether oxygens (including phenoxy) is 1. The normalized spacial score (nSPS) is 10.0. The number of carbonyl (C=O) groups excluding carboxylic acids is 2. The van der Waals surface area contributed by atoms with E-state index in [1.807, 2.05) is 0 Å². The number of esters is 1. The molecular weight excluding hydrogens is 176 g/mol. The molecule has 0 aliphatic carbocycles. The van der Waals surface area contributed by atoms with Crippen LogP contribution in [-0.4, -0.2) is 32.1 Å². The minimum absolute atomic E-state index is 0.355. The second-order valence-corrected chi connectivity index (χ2v) is 1.96. The molecule has 0 saturated carbocycles. The van der Waals surface area contributed by atoms with Crippen LogP contribution in [0.3, 0.4) is 0 Å². The van der Waals surface area contributed by atoms with Gasteiger partial charge in [0, 0.05) is 25.2 Å². The molecule has 0 aliphatic heterocycles. The van der Waals surface area contributed by atoms with Crippen molar-refractivity contribution in [1.29, 1.82) is 0 Å². The number of hydroxylamine groups is 1. The second-order valence-electron chi connectivity index (χ2n) is 1.96. The van der Waals surface area contributed by atoms with Gasteiger partial charge in [0.2, 0.25) is 0 Å². The van der Waals surface area contributed by atoms with E-state index in [-0.39, 0.29) is 0 Å². The molecule has 0 saturated heterocycles. The van der Waals surface area contributed by atoms with Crippen LogP contribution in [0.2, 0.25) is 0 Å². The largest absolute Gasteiger partial charge is 0.466 e. The van der Waals surface area contributed by atoms with E-state index in [1.54, 1.807) is 0 Å². The van der Waals surface area contributed by atoms with Crippen molar-refractivity contribution < 1.29 is 19.2 Å². The molecule has 3 N–H and O–H groups in total. The first-order valence-electron chi connectivity index (χ1n) is 3.60. The van der Waals surface area contributed by atoms with Crippen LogP contribution in [0.4, 0.5) is 0 Å². The third-order valence-electron chi connectivity index (χ3n) is 0.976. The Kier molecular flexibility index (Phi) is 6.48. The Hall–Kier alpha value is -1.40. The van der Waals surface area contributed by atoms with Crippen molar-refractivity contribution in [2.75, 3.05) is 20.2 Å². The minimum atomic E-state index is -0.682. The van der Waals surface area contributed by atoms with Crippen molar-refractivity contribution in [3.05, 3.63) is 12.2 Å². The second kappa shape index (κ2) is 7.26. The highest BCUT2D eigenvalue weighted by molar-refractivity contribution is 5.91. The average Bonchev–Trinajstić information content (AvgIpc) is 2.14. The van der Waals surface area contributed by atoms with Gasteiger partial charge in [-0.15, -0.1) is 0 Å². The SMILES string of the molecule is COC(=O)/C=C/C(=O)ONCCN. The molecule has 0 rings (SSSR count). The average molecular weight is 188 g/mol. The maximum atomic E-state index is 10.7. The van der Waals surface area contributed by atoms with Gasteiger partial charge < -0.3 is 15.3 Å². The fraction of sp³-hybridized carbons (Fsp3) is 0.429. The maximum absolute atomic E-state index is 10.7. The molecule has 13 heavy (non-hydrogen) atoms. The summed E-state index contributed by atoms with van der Waals surface area (Å²) >= 11 is 0. The first-order chi connectivity index (χ1) is 6.20. The minimum Gasteiger partial charge on any atom is -0.466 e. The van der Waals surface area contributed by atoms with Crippen LogP contribution in [0, 0.1) is 0 Å². The van der Waals surface area contributed by atoms with E-state index >= 15 is 0 Å². The monoisotopic (exact) mass is 188 g/mol. The van der Waals surface area contributed by atoms with E-state index in [2.05, 4.69) is 15.1 Å². The van der Waals surface area contributed by atoms with Crippen molar-refractivity contribution in [3.8, 4) is 0 Å².